The average Bonchev–Trinajstić information content (AvgIpc) is 3.23. The number of nitrogens with one attached hydrogen (secondary N) is 1. The van der Waals surface area contributed by atoms with Gasteiger partial charge in [-0.15, -0.1) is 0 Å². The van der Waals surface area contributed by atoms with Gasteiger partial charge in [-0.1, -0.05) is 54.1 Å². The van der Waals surface area contributed by atoms with E-state index in [1.54, 1.807) is 18.2 Å². The minimum atomic E-state index is -1.17. The summed E-state index contributed by atoms with van der Waals surface area (Å²) in [6.45, 7) is 1.92. The molecule has 2 amide bonds. The number of phenolic OH excluding ortho intramolecular Hbond substituents is 1. The molecule has 4 aromatic rings. The van der Waals surface area contributed by atoms with Crippen LogP contribution in [0.3, 0.4) is 0 Å². The SMILES string of the molecule is CC1=C2B(O)O[C@H](c3ccc(O)c4ccccc34)C[C@H]2[C@H]2C(=O)N(c3ccc(Nc4ccccc4)cc3)C(=O)[C@H]2C1. The smallest absolute Gasteiger partial charge is 0.487 e. The first kappa shape index (κ1) is 25.6. The van der Waals surface area contributed by atoms with Gasteiger partial charge in [0.05, 0.1) is 23.6 Å². The van der Waals surface area contributed by atoms with Crippen molar-refractivity contribution in [2.24, 2.45) is 17.8 Å². The molecule has 0 unspecified atom stereocenters. The van der Waals surface area contributed by atoms with Crippen LogP contribution in [0.25, 0.3) is 10.8 Å². The average molecular weight is 544 g/mol. The number of benzene rings is 4. The molecule has 3 N–H and O–H groups in total. The minimum absolute atomic E-state index is 0.173. The Morgan fingerprint density at radius 1 is 0.829 bits per heavy atom. The molecule has 4 atom stereocenters. The molecule has 0 bridgehead atoms. The van der Waals surface area contributed by atoms with Gasteiger partial charge < -0.3 is 20.1 Å². The summed E-state index contributed by atoms with van der Waals surface area (Å²) in [5, 5.41) is 26.4. The molecule has 0 radical (unpaired) electrons. The second kappa shape index (κ2) is 9.91. The predicted octanol–water partition coefficient (Wildman–Crippen LogP) is 5.91. The molecule has 2 aliphatic heterocycles. The maximum Gasteiger partial charge on any atom is 0.487 e. The van der Waals surface area contributed by atoms with E-state index in [9.17, 15) is 19.7 Å². The zero-order chi connectivity index (χ0) is 28.2. The van der Waals surface area contributed by atoms with E-state index >= 15 is 0 Å². The van der Waals surface area contributed by atoms with Crippen molar-refractivity contribution in [2.45, 2.75) is 25.9 Å². The van der Waals surface area contributed by atoms with Crippen molar-refractivity contribution < 1.29 is 24.4 Å². The summed E-state index contributed by atoms with van der Waals surface area (Å²) in [6, 6.07) is 28.1. The van der Waals surface area contributed by atoms with E-state index in [4.69, 9.17) is 4.65 Å². The lowest BCUT2D eigenvalue weighted by atomic mass is 9.55. The topological polar surface area (TPSA) is 99.1 Å². The van der Waals surface area contributed by atoms with Gasteiger partial charge in [0.2, 0.25) is 11.8 Å². The molecule has 41 heavy (non-hydrogen) atoms. The van der Waals surface area contributed by atoms with Crippen LogP contribution in [-0.4, -0.2) is 29.1 Å². The van der Waals surface area contributed by atoms with Gasteiger partial charge >= 0.3 is 7.12 Å². The molecule has 1 aliphatic carbocycles. The molecule has 2 fully saturated rings. The molecule has 3 aliphatic rings. The van der Waals surface area contributed by atoms with Crippen molar-refractivity contribution in [1.82, 2.24) is 0 Å². The number of allylic oxidation sites excluding steroid dienone is 2. The first-order valence-electron chi connectivity index (χ1n) is 13.9. The van der Waals surface area contributed by atoms with Crippen molar-refractivity contribution in [3.8, 4) is 5.75 Å². The standard InChI is InChI=1S/C33H29BN2O5/c1-19-17-27-30(33(39)36(32(27)38)22-13-11-21(12-14-22)35-20-7-3-2-4-8-20)26-18-29(41-34(40)31(19)26)25-15-16-28(37)24-10-6-5-9-23(24)25/h2-16,26-27,29-30,35,37,40H,17-18H2,1H3/t26-,27-,29-,30+/m0/s1. The number of carbonyl (C=O) groups is 2. The number of carbonyl (C=O) groups excluding carboxylic acids is 2. The van der Waals surface area contributed by atoms with Crippen molar-refractivity contribution >= 4 is 46.8 Å². The Balaban J connectivity index is 1.20. The van der Waals surface area contributed by atoms with Crippen LogP contribution in [0, 0.1) is 17.8 Å². The Labute approximate surface area is 238 Å². The van der Waals surface area contributed by atoms with Crippen LogP contribution in [0.5, 0.6) is 5.75 Å². The zero-order valence-electron chi connectivity index (χ0n) is 22.5. The molecule has 7 nitrogen and oxygen atoms in total. The van der Waals surface area contributed by atoms with Gasteiger partial charge in [-0.05, 0) is 84.6 Å². The second-order valence-corrected chi connectivity index (χ2v) is 11.2. The number of rotatable bonds is 4. The van der Waals surface area contributed by atoms with Crippen LogP contribution >= 0.6 is 0 Å². The third-order valence-electron chi connectivity index (χ3n) is 8.83. The van der Waals surface area contributed by atoms with Crippen LogP contribution in [0.1, 0.15) is 31.4 Å². The molecular weight excluding hydrogens is 515 g/mol. The Morgan fingerprint density at radius 2 is 1.51 bits per heavy atom. The fourth-order valence-corrected chi connectivity index (χ4v) is 6.98. The van der Waals surface area contributed by atoms with Crippen molar-refractivity contribution in [2.75, 3.05) is 10.2 Å². The molecule has 8 heteroatoms. The molecule has 4 aromatic carbocycles. The summed E-state index contributed by atoms with van der Waals surface area (Å²) in [4.78, 5) is 29.1. The van der Waals surface area contributed by atoms with E-state index in [2.05, 4.69) is 5.32 Å². The highest BCUT2D eigenvalue weighted by molar-refractivity contribution is 6.53. The van der Waals surface area contributed by atoms with E-state index in [1.807, 2.05) is 79.7 Å². The number of phenols is 1. The van der Waals surface area contributed by atoms with E-state index < -0.39 is 25.1 Å². The van der Waals surface area contributed by atoms with E-state index in [0.717, 1.165) is 33.4 Å². The highest BCUT2D eigenvalue weighted by atomic mass is 16.5. The van der Waals surface area contributed by atoms with E-state index in [0.29, 0.717) is 23.9 Å². The molecule has 204 valence electrons. The molecule has 0 spiro atoms. The highest BCUT2D eigenvalue weighted by Gasteiger charge is 2.57. The summed E-state index contributed by atoms with van der Waals surface area (Å²) in [6.07, 6.45) is 0.362. The van der Waals surface area contributed by atoms with Crippen LogP contribution in [0.15, 0.2) is 102 Å². The number of anilines is 3. The summed E-state index contributed by atoms with van der Waals surface area (Å²) in [7, 11) is -1.17. The summed E-state index contributed by atoms with van der Waals surface area (Å²) >= 11 is 0. The first-order valence-corrected chi connectivity index (χ1v) is 13.9. The normalized spacial score (nSPS) is 24.0. The molecule has 0 saturated carbocycles. The third kappa shape index (κ3) is 4.22. The van der Waals surface area contributed by atoms with Crippen LogP contribution < -0.4 is 10.2 Å². The maximum atomic E-state index is 14.0. The van der Waals surface area contributed by atoms with Gasteiger partial charge in [0.1, 0.15) is 5.75 Å². The maximum absolute atomic E-state index is 14.0. The molecule has 0 aromatic heterocycles. The number of hydrogen-bond acceptors (Lipinski definition) is 6. The number of para-hydroxylation sites is 1. The number of nitrogens with zero attached hydrogens (tertiary/aromatic N) is 1. The van der Waals surface area contributed by atoms with Gasteiger partial charge in [-0.25, -0.2) is 0 Å². The zero-order valence-corrected chi connectivity index (χ0v) is 22.5. The minimum Gasteiger partial charge on any atom is -0.507 e. The fourth-order valence-electron chi connectivity index (χ4n) is 6.98. The third-order valence-corrected chi connectivity index (χ3v) is 8.83. The largest absolute Gasteiger partial charge is 0.507 e. The van der Waals surface area contributed by atoms with Gasteiger partial charge in [0, 0.05) is 16.8 Å². The number of fused-ring (bicyclic) bond motifs is 4. The summed E-state index contributed by atoms with van der Waals surface area (Å²) in [5.74, 6) is -1.66. The number of amides is 2. The lowest BCUT2D eigenvalue weighted by Crippen LogP contribution is -2.44. The Bertz CT molecular complexity index is 1700. The monoisotopic (exact) mass is 544 g/mol. The van der Waals surface area contributed by atoms with Crippen molar-refractivity contribution in [3.63, 3.8) is 0 Å². The second-order valence-electron chi connectivity index (χ2n) is 11.2. The molecule has 2 saturated heterocycles. The lowest BCUT2D eigenvalue weighted by molar-refractivity contribution is -0.123. The quantitative estimate of drug-likeness (QED) is 0.218. The number of aromatic hydroxyl groups is 1. The highest BCUT2D eigenvalue weighted by Crippen LogP contribution is 2.52. The summed E-state index contributed by atoms with van der Waals surface area (Å²) < 4.78 is 6.14. The van der Waals surface area contributed by atoms with Crippen molar-refractivity contribution in [1.29, 1.82) is 0 Å². The van der Waals surface area contributed by atoms with Crippen LogP contribution in [0.4, 0.5) is 17.1 Å². The van der Waals surface area contributed by atoms with Crippen LogP contribution in [0.2, 0.25) is 0 Å². The molecule has 7 rings (SSSR count). The Hall–Kier alpha value is -4.40. The lowest BCUT2D eigenvalue weighted by Gasteiger charge is -2.41. The number of hydrogen-bond donors (Lipinski definition) is 3. The summed E-state index contributed by atoms with van der Waals surface area (Å²) in [5.41, 5.74) is 4.81. The van der Waals surface area contributed by atoms with E-state index in [1.165, 1.54) is 4.90 Å². The fraction of sp³-hybridized carbons (Fsp3) is 0.212. The number of imide groups is 1. The Morgan fingerprint density at radius 3 is 2.27 bits per heavy atom. The molecule has 2 heterocycles. The van der Waals surface area contributed by atoms with Crippen molar-refractivity contribution in [3.05, 3.63) is 108 Å². The molecular formula is C33H29BN2O5. The first-order chi connectivity index (χ1) is 19.9. The van der Waals surface area contributed by atoms with Crippen LogP contribution in [-0.2, 0) is 14.2 Å². The van der Waals surface area contributed by atoms with E-state index in [-0.39, 0.29) is 23.5 Å². The Kier molecular flexibility index (Phi) is 6.18. The predicted molar refractivity (Wildman–Crippen MR) is 158 cm³/mol. The van der Waals surface area contributed by atoms with Gasteiger partial charge in [-0.3, -0.25) is 14.5 Å². The van der Waals surface area contributed by atoms with Gasteiger partial charge in [0.25, 0.3) is 0 Å². The van der Waals surface area contributed by atoms with Gasteiger partial charge in [0.15, 0.2) is 0 Å². The van der Waals surface area contributed by atoms with Gasteiger partial charge in [-0.2, -0.15) is 0 Å².